The Balaban J connectivity index is 2.83. The Morgan fingerprint density at radius 2 is 2.46 bits per heavy atom. The van der Waals surface area contributed by atoms with Crippen LogP contribution in [0.2, 0.25) is 5.02 Å². The molecular weight excluding hydrogens is 198 g/mol. The zero-order valence-corrected chi connectivity index (χ0v) is 7.13. The SMILES string of the molecule is O=C(O)CNc1cn[nH]c(=O)c1Cl. The first-order valence-electron chi connectivity index (χ1n) is 3.30. The molecule has 0 unspecified atom stereocenters. The summed E-state index contributed by atoms with van der Waals surface area (Å²) in [4.78, 5) is 21.0. The number of H-pyrrole nitrogens is 1. The normalized spacial score (nSPS) is 9.62. The molecule has 0 amide bonds. The van der Waals surface area contributed by atoms with Gasteiger partial charge in [0, 0.05) is 0 Å². The van der Waals surface area contributed by atoms with Crippen LogP contribution in [0.1, 0.15) is 0 Å². The number of halogens is 1. The number of hydrogen-bond donors (Lipinski definition) is 3. The molecule has 1 aromatic heterocycles. The molecule has 0 spiro atoms. The van der Waals surface area contributed by atoms with E-state index >= 15 is 0 Å². The van der Waals surface area contributed by atoms with Crippen LogP contribution >= 0.6 is 11.6 Å². The molecular formula is C6H6ClN3O3. The van der Waals surface area contributed by atoms with Crippen molar-refractivity contribution in [1.82, 2.24) is 10.2 Å². The molecule has 6 nitrogen and oxygen atoms in total. The van der Waals surface area contributed by atoms with E-state index in [0.29, 0.717) is 0 Å². The predicted molar refractivity (Wildman–Crippen MR) is 46.0 cm³/mol. The number of aromatic nitrogens is 2. The highest BCUT2D eigenvalue weighted by Gasteiger charge is 2.05. The first-order chi connectivity index (χ1) is 6.11. The molecule has 0 saturated heterocycles. The van der Waals surface area contributed by atoms with Crippen molar-refractivity contribution < 1.29 is 9.90 Å². The van der Waals surface area contributed by atoms with Gasteiger partial charge in [0.15, 0.2) is 0 Å². The second-order valence-corrected chi connectivity index (χ2v) is 2.55. The van der Waals surface area contributed by atoms with Crippen molar-refractivity contribution >= 4 is 23.3 Å². The Labute approximate surface area is 77.5 Å². The fourth-order valence-electron chi connectivity index (χ4n) is 0.678. The molecule has 0 aromatic carbocycles. The number of carboxylic acids is 1. The smallest absolute Gasteiger partial charge is 0.322 e. The summed E-state index contributed by atoms with van der Waals surface area (Å²) in [5.41, 5.74) is -0.357. The van der Waals surface area contributed by atoms with E-state index in [2.05, 4.69) is 15.5 Å². The van der Waals surface area contributed by atoms with Gasteiger partial charge in [0.2, 0.25) is 0 Å². The van der Waals surface area contributed by atoms with E-state index in [-0.39, 0.29) is 17.3 Å². The number of aliphatic carboxylic acids is 1. The Kier molecular flexibility index (Phi) is 2.86. The fraction of sp³-hybridized carbons (Fsp3) is 0.167. The Morgan fingerprint density at radius 3 is 3.08 bits per heavy atom. The van der Waals surface area contributed by atoms with Gasteiger partial charge in [-0.05, 0) is 0 Å². The number of aromatic amines is 1. The lowest BCUT2D eigenvalue weighted by Crippen LogP contribution is -2.16. The molecule has 3 N–H and O–H groups in total. The minimum atomic E-state index is -1.05. The Hall–Kier alpha value is -1.56. The summed E-state index contributed by atoms with van der Waals surface area (Å²) < 4.78 is 0. The standard InChI is InChI=1S/C6H6ClN3O3/c7-5-3(8-2-4(11)12)1-9-10-6(5)13/h1H,2H2,(H,11,12)(H2,8,10,13). The maximum atomic E-state index is 10.8. The van der Waals surface area contributed by atoms with Crippen LogP contribution in [0.3, 0.4) is 0 Å². The Bertz CT molecular complexity index is 376. The van der Waals surface area contributed by atoms with Gasteiger partial charge in [-0.2, -0.15) is 5.10 Å². The van der Waals surface area contributed by atoms with Gasteiger partial charge in [0.05, 0.1) is 11.9 Å². The van der Waals surface area contributed by atoms with Gasteiger partial charge in [0.25, 0.3) is 5.56 Å². The topological polar surface area (TPSA) is 95.1 Å². The van der Waals surface area contributed by atoms with Crippen molar-refractivity contribution in [3.8, 4) is 0 Å². The van der Waals surface area contributed by atoms with Gasteiger partial charge in [-0.3, -0.25) is 9.59 Å². The van der Waals surface area contributed by atoms with Crippen molar-refractivity contribution in [2.45, 2.75) is 0 Å². The minimum Gasteiger partial charge on any atom is -0.480 e. The molecule has 7 heteroatoms. The first kappa shape index (κ1) is 9.53. The molecule has 1 rings (SSSR count). The lowest BCUT2D eigenvalue weighted by molar-refractivity contribution is -0.134. The molecule has 0 aliphatic heterocycles. The van der Waals surface area contributed by atoms with E-state index in [1.165, 1.54) is 6.20 Å². The van der Waals surface area contributed by atoms with E-state index in [0.717, 1.165) is 0 Å². The van der Waals surface area contributed by atoms with Crippen LogP contribution in [0.5, 0.6) is 0 Å². The molecule has 13 heavy (non-hydrogen) atoms. The molecule has 0 radical (unpaired) electrons. The monoisotopic (exact) mass is 203 g/mol. The molecule has 0 atom stereocenters. The summed E-state index contributed by atoms with van der Waals surface area (Å²) >= 11 is 5.54. The van der Waals surface area contributed by atoms with Crippen molar-refractivity contribution in [2.24, 2.45) is 0 Å². The third kappa shape index (κ3) is 2.45. The molecule has 1 aromatic rings. The van der Waals surface area contributed by atoms with Gasteiger partial charge in [-0.25, -0.2) is 5.10 Å². The highest BCUT2D eigenvalue weighted by molar-refractivity contribution is 6.32. The highest BCUT2D eigenvalue weighted by Crippen LogP contribution is 2.13. The summed E-state index contributed by atoms with van der Waals surface area (Å²) in [7, 11) is 0. The molecule has 0 saturated carbocycles. The van der Waals surface area contributed by atoms with E-state index in [1.807, 2.05) is 0 Å². The minimum absolute atomic E-state index is 0.101. The quantitative estimate of drug-likeness (QED) is 0.639. The Morgan fingerprint density at radius 1 is 1.77 bits per heavy atom. The summed E-state index contributed by atoms with van der Waals surface area (Å²) in [5.74, 6) is -1.05. The second kappa shape index (κ2) is 3.90. The van der Waals surface area contributed by atoms with Crippen molar-refractivity contribution in [3.63, 3.8) is 0 Å². The fourth-order valence-corrected chi connectivity index (χ4v) is 0.835. The zero-order valence-electron chi connectivity index (χ0n) is 6.37. The number of rotatable bonds is 3. The lowest BCUT2D eigenvalue weighted by Gasteiger charge is -2.02. The average molecular weight is 204 g/mol. The highest BCUT2D eigenvalue weighted by atomic mass is 35.5. The predicted octanol–water partition coefficient (Wildman–Crippen LogP) is -0.0802. The van der Waals surface area contributed by atoms with E-state index in [9.17, 15) is 9.59 Å². The zero-order chi connectivity index (χ0) is 9.84. The third-order valence-corrected chi connectivity index (χ3v) is 1.60. The van der Waals surface area contributed by atoms with Crippen molar-refractivity contribution in [3.05, 3.63) is 21.6 Å². The molecule has 1 heterocycles. The summed E-state index contributed by atoms with van der Waals surface area (Å²) in [6, 6.07) is 0. The largest absolute Gasteiger partial charge is 0.480 e. The maximum absolute atomic E-state index is 10.8. The van der Waals surface area contributed by atoms with Crippen LogP contribution in [0, 0.1) is 0 Å². The van der Waals surface area contributed by atoms with E-state index in [4.69, 9.17) is 16.7 Å². The lowest BCUT2D eigenvalue weighted by atomic mass is 10.4. The number of carboxylic acid groups (broad SMARTS) is 1. The van der Waals surface area contributed by atoms with Crippen LogP contribution in [-0.2, 0) is 4.79 Å². The number of nitrogens with one attached hydrogen (secondary N) is 2. The first-order valence-corrected chi connectivity index (χ1v) is 3.68. The molecule has 0 aliphatic carbocycles. The summed E-state index contributed by atoms with van der Waals surface area (Å²) in [6.45, 7) is -0.315. The summed E-state index contributed by atoms with van der Waals surface area (Å²) in [6.07, 6.45) is 1.24. The average Bonchev–Trinajstić information content (AvgIpc) is 2.07. The van der Waals surface area contributed by atoms with Crippen LogP contribution < -0.4 is 10.9 Å². The summed E-state index contributed by atoms with van der Waals surface area (Å²) in [5, 5.41) is 16.2. The van der Waals surface area contributed by atoms with Crippen LogP contribution in [0.25, 0.3) is 0 Å². The third-order valence-electron chi connectivity index (χ3n) is 1.23. The van der Waals surface area contributed by atoms with Crippen molar-refractivity contribution in [1.29, 1.82) is 0 Å². The van der Waals surface area contributed by atoms with Crippen LogP contribution in [0.15, 0.2) is 11.0 Å². The van der Waals surface area contributed by atoms with Crippen LogP contribution in [-0.4, -0.2) is 27.8 Å². The number of carbonyl (C=O) groups is 1. The number of anilines is 1. The van der Waals surface area contributed by atoms with Crippen LogP contribution in [0.4, 0.5) is 5.69 Å². The number of nitrogens with zero attached hydrogens (tertiary/aromatic N) is 1. The van der Waals surface area contributed by atoms with E-state index < -0.39 is 11.5 Å². The van der Waals surface area contributed by atoms with Gasteiger partial charge >= 0.3 is 5.97 Å². The number of hydrogen-bond acceptors (Lipinski definition) is 4. The maximum Gasteiger partial charge on any atom is 0.322 e. The van der Waals surface area contributed by atoms with E-state index in [1.54, 1.807) is 0 Å². The molecule has 0 fully saturated rings. The second-order valence-electron chi connectivity index (χ2n) is 2.17. The van der Waals surface area contributed by atoms with Gasteiger partial charge in [-0.1, -0.05) is 11.6 Å². The molecule has 70 valence electrons. The molecule has 0 bridgehead atoms. The van der Waals surface area contributed by atoms with Gasteiger partial charge in [0.1, 0.15) is 11.6 Å². The van der Waals surface area contributed by atoms with Gasteiger partial charge in [-0.15, -0.1) is 0 Å². The van der Waals surface area contributed by atoms with Crippen molar-refractivity contribution in [2.75, 3.05) is 11.9 Å². The molecule has 0 aliphatic rings. The van der Waals surface area contributed by atoms with Gasteiger partial charge < -0.3 is 10.4 Å².